The molecule has 1 aliphatic rings. The molecule has 0 aliphatic carbocycles. The zero-order valence-electron chi connectivity index (χ0n) is 15.4. The Bertz CT molecular complexity index is 690. The van der Waals surface area contributed by atoms with Crippen molar-refractivity contribution >= 4 is 41.3 Å². The fourth-order valence-electron chi connectivity index (χ4n) is 3.08. The van der Waals surface area contributed by atoms with Crippen LogP contribution in [0, 0.1) is 0 Å². The molecule has 1 aliphatic heterocycles. The number of rotatable bonds is 6. The molecule has 0 spiro atoms. The van der Waals surface area contributed by atoms with Crippen LogP contribution < -0.4 is 15.4 Å². The van der Waals surface area contributed by atoms with Crippen LogP contribution in [-0.4, -0.2) is 32.2 Å². The van der Waals surface area contributed by atoms with Crippen molar-refractivity contribution in [1.82, 2.24) is 10.6 Å². The lowest BCUT2D eigenvalue weighted by Crippen LogP contribution is -2.40. The molecule has 3 rings (SSSR count). The van der Waals surface area contributed by atoms with Gasteiger partial charge in [0.05, 0.1) is 6.61 Å². The summed E-state index contributed by atoms with van der Waals surface area (Å²) in [6.07, 6.45) is 1.04. The zero-order chi connectivity index (χ0) is 17.5. The summed E-state index contributed by atoms with van der Waals surface area (Å²) in [6.45, 7) is 7.64. The minimum atomic E-state index is 0. The van der Waals surface area contributed by atoms with Gasteiger partial charge in [0.1, 0.15) is 5.75 Å². The van der Waals surface area contributed by atoms with E-state index in [4.69, 9.17) is 9.73 Å². The number of ether oxygens (including phenoxy) is 1. The number of para-hydroxylation sites is 1. The number of fused-ring (bicyclic) bond motifs is 1. The van der Waals surface area contributed by atoms with Gasteiger partial charge in [-0.25, -0.2) is 0 Å². The molecule has 0 radical (unpaired) electrons. The van der Waals surface area contributed by atoms with Gasteiger partial charge in [-0.2, -0.15) is 11.3 Å². The SMILES string of the molecule is CCNC(=NCC(C)c1ccsc1)NCC1CCOc2ccccc21.I. The molecule has 2 atom stereocenters. The Morgan fingerprint density at radius 3 is 2.92 bits per heavy atom. The smallest absolute Gasteiger partial charge is 0.191 e. The van der Waals surface area contributed by atoms with Crippen LogP contribution in [0.1, 0.15) is 43.2 Å². The van der Waals surface area contributed by atoms with Crippen LogP contribution in [0.4, 0.5) is 0 Å². The van der Waals surface area contributed by atoms with E-state index < -0.39 is 0 Å². The lowest BCUT2D eigenvalue weighted by Gasteiger charge is -2.26. The number of thiophene rings is 1. The Morgan fingerprint density at radius 2 is 2.15 bits per heavy atom. The van der Waals surface area contributed by atoms with Crippen molar-refractivity contribution in [3.05, 3.63) is 52.2 Å². The molecule has 142 valence electrons. The van der Waals surface area contributed by atoms with Gasteiger partial charge in [-0.05, 0) is 47.4 Å². The van der Waals surface area contributed by atoms with E-state index in [2.05, 4.69) is 59.5 Å². The summed E-state index contributed by atoms with van der Waals surface area (Å²) < 4.78 is 5.76. The van der Waals surface area contributed by atoms with Gasteiger partial charge in [0.25, 0.3) is 0 Å². The summed E-state index contributed by atoms with van der Waals surface area (Å²) in [4.78, 5) is 4.78. The average Bonchev–Trinajstić information content (AvgIpc) is 3.18. The normalized spacial score (nSPS) is 17.5. The molecule has 0 saturated heterocycles. The molecule has 4 nitrogen and oxygen atoms in total. The first-order valence-electron chi connectivity index (χ1n) is 9.04. The van der Waals surface area contributed by atoms with Gasteiger partial charge >= 0.3 is 0 Å². The molecule has 2 unspecified atom stereocenters. The summed E-state index contributed by atoms with van der Waals surface area (Å²) in [5, 5.41) is 11.2. The highest BCUT2D eigenvalue weighted by Crippen LogP contribution is 2.32. The van der Waals surface area contributed by atoms with E-state index >= 15 is 0 Å². The number of benzene rings is 1. The van der Waals surface area contributed by atoms with Gasteiger partial charge in [-0.15, -0.1) is 24.0 Å². The van der Waals surface area contributed by atoms with Crippen molar-refractivity contribution in [3.8, 4) is 5.75 Å². The monoisotopic (exact) mass is 485 g/mol. The Labute approximate surface area is 177 Å². The third-order valence-corrected chi connectivity index (χ3v) is 5.28. The van der Waals surface area contributed by atoms with E-state index in [0.717, 1.165) is 44.4 Å². The topological polar surface area (TPSA) is 45.7 Å². The maximum Gasteiger partial charge on any atom is 0.191 e. The number of hydrogen-bond donors (Lipinski definition) is 2. The molecule has 6 heteroatoms. The number of aliphatic imine (C=N–C) groups is 1. The van der Waals surface area contributed by atoms with E-state index in [0.29, 0.717) is 11.8 Å². The molecular formula is C20H28IN3OS. The van der Waals surface area contributed by atoms with Crippen LogP contribution in [-0.2, 0) is 0 Å². The number of nitrogens with one attached hydrogen (secondary N) is 2. The number of guanidine groups is 1. The molecule has 2 N–H and O–H groups in total. The van der Waals surface area contributed by atoms with Crippen LogP contribution in [0.2, 0.25) is 0 Å². The van der Waals surface area contributed by atoms with Crippen molar-refractivity contribution < 1.29 is 4.74 Å². The molecule has 0 saturated carbocycles. The predicted octanol–water partition coefficient (Wildman–Crippen LogP) is 4.59. The second-order valence-corrected chi connectivity index (χ2v) is 7.21. The quantitative estimate of drug-likeness (QED) is 0.358. The van der Waals surface area contributed by atoms with Gasteiger partial charge in [0.15, 0.2) is 5.96 Å². The van der Waals surface area contributed by atoms with Gasteiger partial charge < -0.3 is 15.4 Å². The van der Waals surface area contributed by atoms with Gasteiger partial charge in [0, 0.05) is 31.5 Å². The van der Waals surface area contributed by atoms with E-state index in [1.165, 1.54) is 11.1 Å². The minimum absolute atomic E-state index is 0. The lowest BCUT2D eigenvalue weighted by molar-refractivity contribution is 0.267. The second kappa shape index (κ2) is 10.8. The van der Waals surface area contributed by atoms with Gasteiger partial charge in [-0.3, -0.25) is 4.99 Å². The Balaban J connectivity index is 0.00000243. The Kier molecular flexibility index (Phi) is 8.71. The van der Waals surface area contributed by atoms with E-state index in [1.54, 1.807) is 11.3 Å². The summed E-state index contributed by atoms with van der Waals surface area (Å²) >= 11 is 1.74. The van der Waals surface area contributed by atoms with Crippen LogP contribution in [0.5, 0.6) is 5.75 Å². The van der Waals surface area contributed by atoms with Crippen LogP contribution in [0.25, 0.3) is 0 Å². The summed E-state index contributed by atoms with van der Waals surface area (Å²) in [5.74, 6) is 2.82. The van der Waals surface area contributed by atoms with Crippen molar-refractivity contribution in [2.45, 2.75) is 32.1 Å². The second-order valence-electron chi connectivity index (χ2n) is 6.43. The standard InChI is InChI=1S/C20H27N3OS.HI/c1-3-21-20(22-12-15(2)17-9-11-25-14-17)23-13-16-8-10-24-19-7-5-4-6-18(16)19;/h4-7,9,11,14-16H,3,8,10,12-13H2,1-2H3,(H2,21,22,23);1H. The number of hydrogen-bond acceptors (Lipinski definition) is 3. The first kappa shape index (κ1) is 21.0. The van der Waals surface area contributed by atoms with Crippen LogP contribution in [0.3, 0.4) is 0 Å². The zero-order valence-corrected chi connectivity index (χ0v) is 18.6. The molecule has 0 amide bonds. The molecule has 1 aromatic heterocycles. The Hall–Kier alpha value is -1.28. The summed E-state index contributed by atoms with van der Waals surface area (Å²) in [6, 6.07) is 10.5. The van der Waals surface area contributed by atoms with Crippen molar-refractivity contribution in [2.75, 3.05) is 26.2 Å². The third kappa shape index (κ3) is 5.61. The lowest BCUT2D eigenvalue weighted by atomic mass is 9.93. The van der Waals surface area contributed by atoms with Gasteiger partial charge in [0.2, 0.25) is 0 Å². The fraction of sp³-hybridized carbons (Fsp3) is 0.450. The minimum Gasteiger partial charge on any atom is -0.493 e. The molecule has 26 heavy (non-hydrogen) atoms. The molecular weight excluding hydrogens is 457 g/mol. The molecule has 0 fully saturated rings. The summed E-state index contributed by atoms with van der Waals surface area (Å²) in [7, 11) is 0. The fourth-order valence-corrected chi connectivity index (χ4v) is 3.86. The van der Waals surface area contributed by atoms with E-state index in [1.807, 2.05) is 6.07 Å². The van der Waals surface area contributed by atoms with Crippen molar-refractivity contribution in [1.29, 1.82) is 0 Å². The third-order valence-electron chi connectivity index (χ3n) is 4.58. The molecule has 0 bridgehead atoms. The summed E-state index contributed by atoms with van der Waals surface area (Å²) in [5.41, 5.74) is 2.66. The molecule has 1 aromatic carbocycles. The van der Waals surface area contributed by atoms with Gasteiger partial charge in [-0.1, -0.05) is 25.1 Å². The van der Waals surface area contributed by atoms with Crippen molar-refractivity contribution in [2.24, 2.45) is 4.99 Å². The first-order valence-corrected chi connectivity index (χ1v) is 9.98. The van der Waals surface area contributed by atoms with E-state index in [9.17, 15) is 0 Å². The predicted molar refractivity (Wildman–Crippen MR) is 121 cm³/mol. The number of halogens is 1. The highest BCUT2D eigenvalue weighted by atomic mass is 127. The highest BCUT2D eigenvalue weighted by Gasteiger charge is 2.21. The van der Waals surface area contributed by atoms with Crippen LogP contribution in [0.15, 0.2) is 46.1 Å². The average molecular weight is 485 g/mol. The van der Waals surface area contributed by atoms with Crippen molar-refractivity contribution in [3.63, 3.8) is 0 Å². The molecule has 2 heterocycles. The first-order chi connectivity index (χ1) is 12.3. The maximum absolute atomic E-state index is 5.76. The largest absolute Gasteiger partial charge is 0.493 e. The van der Waals surface area contributed by atoms with Crippen LogP contribution >= 0.6 is 35.3 Å². The highest BCUT2D eigenvalue weighted by molar-refractivity contribution is 14.0. The number of nitrogens with zero attached hydrogens (tertiary/aromatic N) is 1. The van der Waals surface area contributed by atoms with E-state index in [-0.39, 0.29) is 24.0 Å². The molecule has 2 aromatic rings. The Morgan fingerprint density at radius 1 is 1.31 bits per heavy atom. The maximum atomic E-state index is 5.76.